The number of nitrogens with zero attached hydrogens (tertiary/aromatic N) is 1. The molecule has 2 aromatic rings. The maximum absolute atomic E-state index is 12.0. The number of aromatic carboxylic acids is 1. The van der Waals surface area contributed by atoms with E-state index in [2.05, 4.69) is 9.71 Å². The van der Waals surface area contributed by atoms with Crippen LogP contribution in [0.25, 0.3) is 0 Å². The molecule has 2 N–H and O–H groups in total. The largest absolute Gasteiger partial charge is 0.476 e. The highest BCUT2D eigenvalue weighted by molar-refractivity contribution is 7.92. The molecule has 6 nitrogen and oxygen atoms in total. The number of rotatable bonds is 6. The van der Waals surface area contributed by atoms with Gasteiger partial charge in [0.2, 0.25) is 10.0 Å². The van der Waals surface area contributed by atoms with Crippen LogP contribution in [0, 0.1) is 0 Å². The minimum absolute atomic E-state index is 0.00154. The third-order valence-corrected chi connectivity index (χ3v) is 5.11. The summed E-state index contributed by atoms with van der Waals surface area (Å²) < 4.78 is 26.2. The summed E-state index contributed by atoms with van der Waals surface area (Å²) in [5, 5.41) is 9.39. The third kappa shape index (κ3) is 4.16. The number of aryl methyl sites for hydroxylation is 1. The number of anilines is 1. The number of hydrogen-bond donors (Lipinski definition) is 2. The Labute approximate surface area is 130 Å². The van der Waals surface area contributed by atoms with Gasteiger partial charge in [-0.1, -0.05) is 29.8 Å². The molecule has 0 amide bonds. The third-order valence-electron chi connectivity index (χ3n) is 2.62. The SMILES string of the molecule is O=C(O)c1ncsc1NS(=O)(=O)CCc1ccccc1Cl. The van der Waals surface area contributed by atoms with Crippen molar-refractivity contribution in [2.75, 3.05) is 10.5 Å². The topological polar surface area (TPSA) is 96.4 Å². The number of hydrogen-bond acceptors (Lipinski definition) is 5. The summed E-state index contributed by atoms with van der Waals surface area (Å²) in [4.78, 5) is 14.5. The lowest BCUT2D eigenvalue weighted by Gasteiger charge is -2.07. The Morgan fingerprint density at radius 3 is 2.76 bits per heavy atom. The van der Waals surface area contributed by atoms with Gasteiger partial charge in [0.1, 0.15) is 5.00 Å². The molecule has 0 aliphatic carbocycles. The van der Waals surface area contributed by atoms with E-state index in [9.17, 15) is 13.2 Å². The van der Waals surface area contributed by atoms with Crippen LogP contribution in [-0.4, -0.2) is 30.2 Å². The molecule has 112 valence electrons. The minimum atomic E-state index is -3.68. The average molecular weight is 347 g/mol. The molecule has 0 aliphatic heterocycles. The summed E-state index contributed by atoms with van der Waals surface area (Å²) >= 11 is 6.88. The predicted octanol–water partition coefficient (Wildman–Crippen LogP) is 2.48. The first-order valence-corrected chi connectivity index (χ1v) is 8.71. The van der Waals surface area contributed by atoms with Gasteiger partial charge < -0.3 is 5.11 Å². The molecule has 0 spiro atoms. The number of nitrogens with one attached hydrogen (secondary N) is 1. The highest BCUT2D eigenvalue weighted by atomic mass is 35.5. The summed E-state index contributed by atoms with van der Waals surface area (Å²) in [7, 11) is -3.68. The van der Waals surface area contributed by atoms with Crippen LogP contribution in [0.3, 0.4) is 0 Å². The molecule has 0 radical (unpaired) electrons. The van der Waals surface area contributed by atoms with Gasteiger partial charge in [0.25, 0.3) is 0 Å². The number of sulfonamides is 1. The standard InChI is InChI=1S/C12H11ClN2O4S2/c13-9-4-2-1-3-8(9)5-6-21(18,19)15-11-10(12(16)17)14-7-20-11/h1-4,7,15H,5-6H2,(H,16,17). The second-order valence-electron chi connectivity index (χ2n) is 4.10. The Morgan fingerprint density at radius 1 is 1.38 bits per heavy atom. The first kappa shape index (κ1) is 15.7. The van der Waals surface area contributed by atoms with E-state index in [0.717, 1.165) is 11.3 Å². The Morgan fingerprint density at radius 2 is 2.10 bits per heavy atom. The molecule has 1 heterocycles. The van der Waals surface area contributed by atoms with Gasteiger partial charge in [0.15, 0.2) is 5.69 Å². The predicted molar refractivity (Wildman–Crippen MR) is 81.6 cm³/mol. The fourth-order valence-corrected chi connectivity index (χ4v) is 3.90. The molecule has 9 heteroatoms. The van der Waals surface area contributed by atoms with E-state index in [1.807, 2.05) is 0 Å². The number of aromatic nitrogens is 1. The van der Waals surface area contributed by atoms with Crippen LogP contribution in [0.2, 0.25) is 5.02 Å². The minimum Gasteiger partial charge on any atom is -0.476 e. The van der Waals surface area contributed by atoms with Crippen LogP contribution in [0.4, 0.5) is 5.00 Å². The Hall–Kier alpha value is -1.64. The van der Waals surface area contributed by atoms with Gasteiger partial charge >= 0.3 is 5.97 Å². The first-order chi connectivity index (χ1) is 9.89. The number of halogens is 1. The summed E-state index contributed by atoms with van der Waals surface area (Å²) in [5.41, 5.74) is 1.68. The van der Waals surface area contributed by atoms with Crippen molar-refractivity contribution in [3.05, 3.63) is 46.1 Å². The normalized spacial score (nSPS) is 11.3. The lowest BCUT2D eigenvalue weighted by molar-refractivity contribution is 0.0692. The van der Waals surface area contributed by atoms with Crippen LogP contribution in [-0.2, 0) is 16.4 Å². The van der Waals surface area contributed by atoms with Gasteiger partial charge in [-0.2, -0.15) is 0 Å². The molecule has 0 aliphatic rings. The Kier molecular flexibility index (Phi) is 4.81. The van der Waals surface area contributed by atoms with Crippen LogP contribution >= 0.6 is 22.9 Å². The van der Waals surface area contributed by atoms with E-state index in [1.54, 1.807) is 24.3 Å². The number of carboxylic acid groups (broad SMARTS) is 1. The lowest BCUT2D eigenvalue weighted by atomic mass is 10.2. The molecular weight excluding hydrogens is 336 g/mol. The fraction of sp³-hybridized carbons (Fsp3) is 0.167. The van der Waals surface area contributed by atoms with Crippen molar-refractivity contribution in [2.45, 2.75) is 6.42 Å². The van der Waals surface area contributed by atoms with E-state index >= 15 is 0 Å². The maximum atomic E-state index is 12.0. The van der Waals surface area contributed by atoms with Crippen molar-refractivity contribution in [3.8, 4) is 0 Å². The van der Waals surface area contributed by atoms with Gasteiger partial charge in [-0.3, -0.25) is 4.72 Å². The Bertz CT molecular complexity index is 758. The van der Waals surface area contributed by atoms with Gasteiger partial charge in [-0.15, -0.1) is 11.3 Å². The van der Waals surface area contributed by atoms with Crippen molar-refractivity contribution < 1.29 is 18.3 Å². The maximum Gasteiger partial charge on any atom is 0.357 e. The van der Waals surface area contributed by atoms with E-state index in [1.165, 1.54) is 5.51 Å². The number of carboxylic acids is 1. The fourth-order valence-electron chi connectivity index (χ4n) is 1.61. The molecule has 0 saturated carbocycles. The van der Waals surface area contributed by atoms with E-state index < -0.39 is 16.0 Å². The van der Waals surface area contributed by atoms with E-state index in [0.29, 0.717) is 10.6 Å². The van der Waals surface area contributed by atoms with Crippen molar-refractivity contribution >= 4 is 43.9 Å². The molecule has 1 aromatic carbocycles. The second kappa shape index (κ2) is 6.42. The first-order valence-electron chi connectivity index (χ1n) is 5.80. The molecule has 0 fully saturated rings. The molecule has 21 heavy (non-hydrogen) atoms. The smallest absolute Gasteiger partial charge is 0.357 e. The van der Waals surface area contributed by atoms with E-state index in [-0.39, 0.29) is 22.9 Å². The Balaban J connectivity index is 2.07. The van der Waals surface area contributed by atoms with Gasteiger partial charge in [-0.25, -0.2) is 18.2 Å². The zero-order chi connectivity index (χ0) is 15.5. The second-order valence-corrected chi connectivity index (χ2v) is 7.20. The molecule has 0 saturated heterocycles. The summed E-state index contributed by atoms with van der Waals surface area (Å²) in [6.07, 6.45) is 0.232. The van der Waals surface area contributed by atoms with E-state index in [4.69, 9.17) is 16.7 Å². The summed E-state index contributed by atoms with van der Waals surface area (Å²) in [5.74, 6) is -1.48. The zero-order valence-corrected chi connectivity index (χ0v) is 13.0. The summed E-state index contributed by atoms with van der Waals surface area (Å²) in [6, 6.07) is 6.96. The molecule has 0 bridgehead atoms. The van der Waals surface area contributed by atoms with Gasteiger partial charge in [-0.05, 0) is 18.1 Å². The van der Waals surface area contributed by atoms with Crippen molar-refractivity contribution in [3.63, 3.8) is 0 Å². The van der Waals surface area contributed by atoms with Crippen molar-refractivity contribution in [2.24, 2.45) is 0 Å². The molecule has 1 aromatic heterocycles. The number of thiazole rings is 1. The van der Waals surface area contributed by atoms with Crippen molar-refractivity contribution in [1.29, 1.82) is 0 Å². The van der Waals surface area contributed by atoms with Crippen LogP contribution in [0.1, 0.15) is 16.1 Å². The van der Waals surface area contributed by atoms with Crippen LogP contribution < -0.4 is 4.72 Å². The molecule has 0 atom stereocenters. The van der Waals surface area contributed by atoms with Crippen molar-refractivity contribution in [1.82, 2.24) is 4.98 Å². The molecule has 2 rings (SSSR count). The quantitative estimate of drug-likeness (QED) is 0.837. The highest BCUT2D eigenvalue weighted by Gasteiger charge is 2.19. The monoisotopic (exact) mass is 346 g/mol. The lowest BCUT2D eigenvalue weighted by Crippen LogP contribution is -2.19. The number of carbonyl (C=O) groups is 1. The van der Waals surface area contributed by atoms with Gasteiger partial charge in [0, 0.05) is 5.02 Å². The highest BCUT2D eigenvalue weighted by Crippen LogP contribution is 2.22. The van der Waals surface area contributed by atoms with Gasteiger partial charge in [0.05, 0.1) is 11.3 Å². The zero-order valence-electron chi connectivity index (χ0n) is 10.6. The van der Waals surface area contributed by atoms with Crippen LogP contribution in [0.5, 0.6) is 0 Å². The number of benzene rings is 1. The average Bonchev–Trinajstić information content (AvgIpc) is 2.85. The van der Waals surface area contributed by atoms with Crippen LogP contribution in [0.15, 0.2) is 29.8 Å². The molecular formula is C12H11ClN2O4S2. The molecule has 0 unspecified atom stereocenters. The summed E-state index contributed by atoms with van der Waals surface area (Å²) in [6.45, 7) is 0.